The fourth-order valence-corrected chi connectivity index (χ4v) is 1.68. The Kier molecular flexibility index (Phi) is 4.72. The highest BCUT2D eigenvalue weighted by atomic mass is 32.2. The average Bonchev–Trinajstić information content (AvgIpc) is 2.27. The van der Waals surface area contributed by atoms with Crippen molar-refractivity contribution in [1.82, 2.24) is 15.2 Å². The van der Waals surface area contributed by atoms with Crippen LogP contribution in [-0.4, -0.2) is 32.9 Å². The summed E-state index contributed by atoms with van der Waals surface area (Å²) in [4.78, 5) is 35.4. The van der Waals surface area contributed by atoms with E-state index in [0.29, 0.717) is 11.8 Å². The van der Waals surface area contributed by atoms with E-state index in [2.05, 4.69) is 5.10 Å². The number of allylic oxidation sites excluding steroid dienone is 1. The van der Waals surface area contributed by atoms with Crippen molar-refractivity contribution in [3.63, 3.8) is 0 Å². The number of nitrogens with zero attached hydrogens (tertiary/aromatic N) is 1. The van der Waals surface area contributed by atoms with Crippen LogP contribution in [0.3, 0.4) is 0 Å². The molecule has 8 nitrogen and oxygen atoms in total. The molecule has 0 aliphatic rings. The van der Waals surface area contributed by atoms with Gasteiger partial charge in [0.15, 0.2) is 5.03 Å². The highest BCUT2D eigenvalue weighted by Crippen LogP contribution is 2.24. The monoisotopic (exact) mass is 273 g/mol. The summed E-state index contributed by atoms with van der Waals surface area (Å²) in [6.45, 7) is 3.02. The summed E-state index contributed by atoms with van der Waals surface area (Å²) in [5.41, 5.74) is -1.52. The predicted molar refractivity (Wildman–Crippen MR) is 63.3 cm³/mol. The summed E-state index contributed by atoms with van der Waals surface area (Å²) in [6, 6.07) is 0. The first-order valence-corrected chi connectivity index (χ1v) is 5.71. The molecule has 1 aromatic rings. The highest BCUT2D eigenvalue weighted by molar-refractivity contribution is 8.03. The van der Waals surface area contributed by atoms with Crippen LogP contribution in [0.1, 0.15) is 13.8 Å². The second-order valence-corrected chi connectivity index (χ2v) is 4.05. The van der Waals surface area contributed by atoms with Gasteiger partial charge in [0, 0.05) is 0 Å². The molecule has 0 aromatic carbocycles. The maximum Gasteiger partial charge on any atom is 0.348 e. The third-order valence-corrected chi connectivity index (χ3v) is 2.80. The number of aliphatic hydroxyl groups is 1. The quantitative estimate of drug-likeness (QED) is 0.303. The Morgan fingerprint density at radius 3 is 2.67 bits per heavy atom. The molecule has 0 aliphatic heterocycles. The second kappa shape index (κ2) is 6.05. The summed E-state index contributed by atoms with van der Waals surface area (Å²) in [5, 5.41) is 14.7. The van der Waals surface area contributed by atoms with E-state index >= 15 is 0 Å². The van der Waals surface area contributed by atoms with Gasteiger partial charge in [0.05, 0.1) is 6.61 Å². The van der Waals surface area contributed by atoms with Gasteiger partial charge in [-0.1, -0.05) is 11.8 Å². The summed E-state index contributed by atoms with van der Waals surface area (Å²) >= 11 is 0.610. The lowest BCUT2D eigenvalue weighted by molar-refractivity contribution is -0.137. The van der Waals surface area contributed by atoms with Crippen LogP contribution in [0.25, 0.3) is 0 Å². The molecule has 0 saturated heterocycles. The van der Waals surface area contributed by atoms with Gasteiger partial charge in [-0.25, -0.2) is 14.7 Å². The summed E-state index contributed by atoms with van der Waals surface area (Å²) in [6.07, 6.45) is 0. The Morgan fingerprint density at radius 2 is 2.17 bits per heavy atom. The van der Waals surface area contributed by atoms with Crippen LogP contribution in [0.2, 0.25) is 0 Å². The third kappa shape index (κ3) is 3.48. The minimum atomic E-state index is -0.769. The number of thioether (sulfide) groups is 1. The maximum atomic E-state index is 11.5. The SMILES string of the molecule is CCOC(=O)/C(Sc1n[nH]c(=O)[nH]c1=O)=C(/C)O. The van der Waals surface area contributed by atoms with E-state index in [1.54, 1.807) is 6.92 Å². The molecular formula is C9H11N3O5S. The number of rotatable bonds is 4. The Bertz CT molecular complexity index is 584. The number of aromatic amines is 2. The number of aliphatic hydroxyl groups excluding tert-OH is 1. The topological polar surface area (TPSA) is 125 Å². The summed E-state index contributed by atoms with van der Waals surface area (Å²) < 4.78 is 4.71. The number of nitrogens with one attached hydrogen (secondary N) is 2. The second-order valence-electron chi connectivity index (χ2n) is 3.05. The van der Waals surface area contributed by atoms with E-state index in [1.165, 1.54) is 6.92 Å². The lowest BCUT2D eigenvalue weighted by atomic mass is 10.5. The number of ether oxygens (including phenoxy) is 1. The molecule has 0 atom stereocenters. The van der Waals surface area contributed by atoms with Gasteiger partial charge in [-0.3, -0.25) is 9.78 Å². The molecule has 9 heteroatoms. The van der Waals surface area contributed by atoms with Crippen molar-refractivity contribution in [2.45, 2.75) is 18.9 Å². The third-order valence-electron chi connectivity index (χ3n) is 1.67. The highest BCUT2D eigenvalue weighted by Gasteiger charge is 2.18. The first-order valence-electron chi connectivity index (χ1n) is 4.89. The largest absolute Gasteiger partial charge is 0.511 e. The molecule has 0 unspecified atom stereocenters. The molecule has 98 valence electrons. The number of hydrogen-bond donors (Lipinski definition) is 3. The molecule has 3 N–H and O–H groups in total. The van der Waals surface area contributed by atoms with Crippen LogP contribution in [-0.2, 0) is 9.53 Å². The van der Waals surface area contributed by atoms with Gasteiger partial charge in [0.1, 0.15) is 10.7 Å². The minimum Gasteiger partial charge on any atom is -0.511 e. The van der Waals surface area contributed by atoms with Crippen molar-refractivity contribution >= 4 is 17.7 Å². The van der Waals surface area contributed by atoms with Gasteiger partial charge in [0.25, 0.3) is 5.56 Å². The average molecular weight is 273 g/mol. The van der Waals surface area contributed by atoms with Crippen molar-refractivity contribution < 1.29 is 14.6 Å². The minimum absolute atomic E-state index is 0.131. The Hall–Kier alpha value is -2.03. The standard InChI is InChI=1S/C9H11N3O5S/c1-3-17-8(15)5(4(2)13)18-7-6(14)10-9(16)12-11-7/h13H,3H2,1-2H3,(H2,10,12,14,16)/b5-4+. The van der Waals surface area contributed by atoms with Crippen molar-refractivity contribution in [2.75, 3.05) is 6.61 Å². The molecule has 1 rings (SSSR count). The number of esters is 1. The summed E-state index contributed by atoms with van der Waals surface area (Å²) in [5.74, 6) is -1.07. The van der Waals surface area contributed by atoms with Crippen molar-refractivity contribution in [2.24, 2.45) is 0 Å². The van der Waals surface area contributed by atoms with Gasteiger partial charge >= 0.3 is 11.7 Å². The van der Waals surface area contributed by atoms with E-state index in [1.807, 2.05) is 10.1 Å². The van der Waals surface area contributed by atoms with Gasteiger partial charge < -0.3 is 9.84 Å². The molecule has 0 radical (unpaired) electrons. The zero-order valence-corrected chi connectivity index (χ0v) is 10.5. The van der Waals surface area contributed by atoms with Crippen molar-refractivity contribution in [3.05, 3.63) is 31.5 Å². The number of carbonyl (C=O) groups is 1. The zero-order chi connectivity index (χ0) is 13.7. The fourth-order valence-electron chi connectivity index (χ4n) is 0.963. The van der Waals surface area contributed by atoms with E-state index in [4.69, 9.17) is 4.74 Å². The molecule has 0 fully saturated rings. The number of H-pyrrole nitrogens is 2. The van der Waals surface area contributed by atoms with Crippen molar-refractivity contribution in [1.29, 1.82) is 0 Å². The summed E-state index contributed by atoms with van der Waals surface area (Å²) in [7, 11) is 0. The first kappa shape index (κ1) is 14.0. The van der Waals surface area contributed by atoms with Crippen LogP contribution in [0.5, 0.6) is 0 Å². The number of aromatic nitrogens is 3. The van der Waals surface area contributed by atoms with Gasteiger partial charge in [-0.2, -0.15) is 5.10 Å². The van der Waals surface area contributed by atoms with Crippen LogP contribution in [0, 0.1) is 0 Å². The van der Waals surface area contributed by atoms with Gasteiger partial charge in [-0.15, -0.1) is 0 Å². The molecule has 0 saturated carbocycles. The Balaban J connectivity index is 3.06. The molecule has 18 heavy (non-hydrogen) atoms. The van der Waals surface area contributed by atoms with Gasteiger partial charge in [-0.05, 0) is 13.8 Å². The fraction of sp³-hybridized carbons (Fsp3) is 0.333. The lowest BCUT2D eigenvalue weighted by Gasteiger charge is -2.05. The van der Waals surface area contributed by atoms with Crippen LogP contribution in [0.4, 0.5) is 0 Å². The molecule has 0 amide bonds. The predicted octanol–water partition coefficient (Wildman–Crippen LogP) is -0.0971. The molecular weight excluding hydrogens is 262 g/mol. The molecule has 0 spiro atoms. The van der Waals surface area contributed by atoms with Crippen LogP contribution in [0.15, 0.2) is 25.3 Å². The number of carbonyl (C=O) groups excluding carboxylic acids is 1. The molecule has 0 aliphatic carbocycles. The lowest BCUT2D eigenvalue weighted by Crippen LogP contribution is -2.25. The maximum absolute atomic E-state index is 11.5. The normalized spacial score (nSPS) is 11.9. The van der Waals surface area contributed by atoms with Crippen LogP contribution >= 0.6 is 11.8 Å². The van der Waals surface area contributed by atoms with Crippen molar-refractivity contribution in [3.8, 4) is 0 Å². The van der Waals surface area contributed by atoms with E-state index in [0.717, 1.165) is 0 Å². The van der Waals surface area contributed by atoms with E-state index in [-0.39, 0.29) is 22.3 Å². The molecule has 0 bridgehead atoms. The van der Waals surface area contributed by atoms with Crippen LogP contribution < -0.4 is 11.2 Å². The Morgan fingerprint density at radius 1 is 1.50 bits per heavy atom. The van der Waals surface area contributed by atoms with Gasteiger partial charge in [0.2, 0.25) is 0 Å². The molecule has 1 heterocycles. The Labute approximate surface area is 105 Å². The number of hydrogen-bond acceptors (Lipinski definition) is 7. The smallest absolute Gasteiger partial charge is 0.348 e. The molecule has 1 aromatic heterocycles. The zero-order valence-electron chi connectivity index (χ0n) is 9.64. The van der Waals surface area contributed by atoms with E-state index < -0.39 is 17.2 Å². The first-order chi connectivity index (χ1) is 8.45. The van der Waals surface area contributed by atoms with E-state index in [9.17, 15) is 19.5 Å².